The van der Waals surface area contributed by atoms with E-state index in [1.54, 1.807) is 0 Å². The Bertz CT molecular complexity index is 537. The van der Waals surface area contributed by atoms with Gasteiger partial charge in [-0.25, -0.2) is 0 Å². The van der Waals surface area contributed by atoms with Crippen LogP contribution in [0.15, 0.2) is 42.6 Å². The maximum atomic E-state index is 3.56. The summed E-state index contributed by atoms with van der Waals surface area (Å²) in [5.74, 6) is 0.597. The summed E-state index contributed by atoms with van der Waals surface area (Å²) in [7, 11) is 0. The molecule has 0 spiro atoms. The Morgan fingerprint density at radius 2 is 1.76 bits per heavy atom. The van der Waals surface area contributed by atoms with Crippen LogP contribution in [-0.4, -0.2) is 11.1 Å². The number of rotatable bonds is 7. The Labute approximate surface area is 129 Å². The molecular formula is C19H28N2. The lowest BCUT2D eigenvalue weighted by Crippen LogP contribution is -2.22. The van der Waals surface area contributed by atoms with Crippen molar-refractivity contribution in [1.29, 1.82) is 0 Å². The smallest absolute Gasteiger partial charge is 0.0473 e. The minimum atomic E-state index is 0.398. The van der Waals surface area contributed by atoms with Gasteiger partial charge in [0.15, 0.2) is 0 Å². The highest BCUT2D eigenvalue weighted by Crippen LogP contribution is 2.18. The molecule has 0 amide bonds. The molecule has 114 valence electrons. The molecule has 0 aliphatic heterocycles. The van der Waals surface area contributed by atoms with Gasteiger partial charge in [-0.15, -0.1) is 0 Å². The first-order chi connectivity index (χ1) is 10.1. The van der Waals surface area contributed by atoms with Crippen LogP contribution in [0.25, 0.3) is 0 Å². The van der Waals surface area contributed by atoms with Gasteiger partial charge in [-0.05, 0) is 49.1 Å². The molecule has 21 heavy (non-hydrogen) atoms. The van der Waals surface area contributed by atoms with Crippen molar-refractivity contribution in [2.75, 3.05) is 6.54 Å². The number of nitrogens with one attached hydrogen (secondary N) is 1. The van der Waals surface area contributed by atoms with E-state index in [0.29, 0.717) is 12.0 Å². The van der Waals surface area contributed by atoms with E-state index >= 15 is 0 Å². The Morgan fingerprint density at radius 3 is 2.38 bits per heavy atom. The molecule has 0 radical (unpaired) electrons. The molecule has 1 heterocycles. The number of nitrogens with zero attached hydrogens (tertiary/aromatic N) is 1. The fourth-order valence-electron chi connectivity index (χ4n) is 2.63. The van der Waals surface area contributed by atoms with Gasteiger partial charge >= 0.3 is 0 Å². The standard InChI is InChI=1S/C19H28N2/c1-5-12-20-16(4)19-7-6-13-21(19)14-17-8-10-18(11-9-17)15(2)3/h6-11,13,15-16,20H,5,12,14H2,1-4H3. The zero-order valence-corrected chi connectivity index (χ0v) is 13.8. The zero-order valence-electron chi connectivity index (χ0n) is 13.8. The monoisotopic (exact) mass is 284 g/mol. The second kappa shape index (κ2) is 7.46. The molecule has 0 bridgehead atoms. The van der Waals surface area contributed by atoms with Crippen molar-refractivity contribution in [3.05, 3.63) is 59.4 Å². The Morgan fingerprint density at radius 1 is 1.05 bits per heavy atom. The van der Waals surface area contributed by atoms with Crippen molar-refractivity contribution in [3.8, 4) is 0 Å². The molecule has 0 saturated carbocycles. The highest BCUT2D eigenvalue weighted by molar-refractivity contribution is 5.25. The molecule has 0 saturated heterocycles. The third-order valence-corrected chi connectivity index (χ3v) is 4.01. The summed E-state index contributed by atoms with van der Waals surface area (Å²) in [6.45, 7) is 10.9. The van der Waals surface area contributed by atoms with Crippen LogP contribution < -0.4 is 5.32 Å². The normalized spacial score (nSPS) is 12.8. The molecule has 0 aliphatic rings. The molecule has 1 unspecified atom stereocenters. The molecule has 2 aromatic rings. The molecule has 0 fully saturated rings. The molecule has 1 atom stereocenters. The summed E-state index contributed by atoms with van der Waals surface area (Å²) < 4.78 is 2.34. The van der Waals surface area contributed by atoms with E-state index in [9.17, 15) is 0 Å². The van der Waals surface area contributed by atoms with Crippen molar-refractivity contribution in [2.24, 2.45) is 0 Å². The van der Waals surface area contributed by atoms with Crippen LogP contribution in [0.2, 0.25) is 0 Å². The number of aromatic nitrogens is 1. The van der Waals surface area contributed by atoms with Gasteiger partial charge in [0.05, 0.1) is 0 Å². The molecule has 1 aromatic carbocycles. The quantitative estimate of drug-likeness (QED) is 0.778. The van der Waals surface area contributed by atoms with Gasteiger partial charge in [-0.1, -0.05) is 45.0 Å². The van der Waals surface area contributed by atoms with Gasteiger partial charge in [0, 0.05) is 24.5 Å². The SMILES string of the molecule is CCCNC(C)c1cccn1Cc1ccc(C(C)C)cc1. The Hall–Kier alpha value is -1.54. The van der Waals surface area contributed by atoms with Crippen LogP contribution in [-0.2, 0) is 6.54 Å². The van der Waals surface area contributed by atoms with Crippen molar-refractivity contribution >= 4 is 0 Å². The first kappa shape index (κ1) is 15.8. The Balaban J connectivity index is 2.07. The third kappa shape index (κ3) is 4.21. The molecule has 0 aliphatic carbocycles. The van der Waals surface area contributed by atoms with Gasteiger partial charge in [0.25, 0.3) is 0 Å². The molecule has 1 aromatic heterocycles. The first-order valence-corrected chi connectivity index (χ1v) is 8.09. The Kier molecular flexibility index (Phi) is 5.63. The van der Waals surface area contributed by atoms with Gasteiger partial charge in [0.1, 0.15) is 0 Å². The van der Waals surface area contributed by atoms with E-state index < -0.39 is 0 Å². The van der Waals surface area contributed by atoms with E-state index in [1.165, 1.54) is 23.2 Å². The number of hydrogen-bond acceptors (Lipinski definition) is 1. The maximum Gasteiger partial charge on any atom is 0.0473 e. The summed E-state index contributed by atoms with van der Waals surface area (Å²) in [4.78, 5) is 0. The summed E-state index contributed by atoms with van der Waals surface area (Å²) in [5.41, 5.74) is 4.13. The van der Waals surface area contributed by atoms with Gasteiger partial charge in [-0.2, -0.15) is 0 Å². The molecule has 1 N–H and O–H groups in total. The molecular weight excluding hydrogens is 256 g/mol. The average Bonchev–Trinajstić information content (AvgIpc) is 2.93. The molecule has 2 rings (SSSR count). The van der Waals surface area contributed by atoms with E-state index in [0.717, 1.165) is 13.1 Å². The van der Waals surface area contributed by atoms with Gasteiger partial charge < -0.3 is 9.88 Å². The number of hydrogen-bond donors (Lipinski definition) is 1. The van der Waals surface area contributed by atoms with Gasteiger partial charge in [0.2, 0.25) is 0 Å². The average molecular weight is 284 g/mol. The summed E-state index contributed by atoms with van der Waals surface area (Å²) >= 11 is 0. The van der Waals surface area contributed by atoms with Crippen LogP contribution >= 0.6 is 0 Å². The second-order valence-corrected chi connectivity index (χ2v) is 6.13. The van der Waals surface area contributed by atoms with Crippen LogP contribution in [0.4, 0.5) is 0 Å². The highest BCUT2D eigenvalue weighted by atomic mass is 15.0. The summed E-state index contributed by atoms with van der Waals surface area (Å²) in [6, 6.07) is 13.8. The third-order valence-electron chi connectivity index (χ3n) is 4.01. The van der Waals surface area contributed by atoms with Crippen molar-refractivity contribution in [2.45, 2.75) is 52.6 Å². The second-order valence-electron chi connectivity index (χ2n) is 6.13. The topological polar surface area (TPSA) is 17.0 Å². The van der Waals surface area contributed by atoms with Crippen LogP contribution in [0.1, 0.15) is 62.9 Å². The fourth-order valence-corrected chi connectivity index (χ4v) is 2.63. The van der Waals surface area contributed by atoms with E-state index in [-0.39, 0.29) is 0 Å². The predicted octanol–water partition coefficient (Wildman–Crippen LogP) is 4.72. The van der Waals surface area contributed by atoms with Crippen LogP contribution in [0, 0.1) is 0 Å². The summed E-state index contributed by atoms with van der Waals surface area (Å²) in [5, 5.41) is 3.56. The summed E-state index contributed by atoms with van der Waals surface area (Å²) in [6.07, 6.45) is 3.34. The molecule has 2 heteroatoms. The zero-order chi connectivity index (χ0) is 15.2. The maximum absolute atomic E-state index is 3.56. The largest absolute Gasteiger partial charge is 0.346 e. The molecule has 2 nitrogen and oxygen atoms in total. The minimum Gasteiger partial charge on any atom is -0.346 e. The van der Waals surface area contributed by atoms with E-state index in [4.69, 9.17) is 0 Å². The fraction of sp³-hybridized carbons (Fsp3) is 0.474. The van der Waals surface area contributed by atoms with Crippen LogP contribution in [0.3, 0.4) is 0 Å². The lowest BCUT2D eigenvalue weighted by Gasteiger charge is -2.17. The van der Waals surface area contributed by atoms with E-state index in [2.05, 4.69) is 80.2 Å². The predicted molar refractivity (Wildman–Crippen MR) is 90.8 cm³/mol. The number of benzene rings is 1. The van der Waals surface area contributed by atoms with Gasteiger partial charge in [-0.3, -0.25) is 0 Å². The van der Waals surface area contributed by atoms with Crippen molar-refractivity contribution in [1.82, 2.24) is 9.88 Å². The minimum absolute atomic E-state index is 0.398. The lowest BCUT2D eigenvalue weighted by molar-refractivity contribution is 0.534. The van der Waals surface area contributed by atoms with Crippen LogP contribution in [0.5, 0.6) is 0 Å². The highest BCUT2D eigenvalue weighted by Gasteiger charge is 2.09. The van der Waals surface area contributed by atoms with Crippen molar-refractivity contribution in [3.63, 3.8) is 0 Å². The van der Waals surface area contributed by atoms with Crippen molar-refractivity contribution < 1.29 is 0 Å². The van der Waals surface area contributed by atoms with E-state index in [1.807, 2.05) is 0 Å². The lowest BCUT2D eigenvalue weighted by atomic mass is 10.0. The first-order valence-electron chi connectivity index (χ1n) is 8.09.